The number of aliphatic imine (C=N–C) groups is 1. The maximum atomic E-state index is 13.0. The molecule has 0 bridgehead atoms. The topological polar surface area (TPSA) is 39.7 Å². The normalized spacial score (nSPS) is 16.7. The lowest BCUT2D eigenvalue weighted by atomic mass is 10.1. The van der Waals surface area contributed by atoms with E-state index in [2.05, 4.69) is 57.8 Å². The molecule has 1 aliphatic rings. The van der Waals surface area contributed by atoms with E-state index in [1.807, 2.05) is 0 Å². The van der Waals surface area contributed by atoms with Gasteiger partial charge in [0, 0.05) is 31.9 Å². The van der Waals surface area contributed by atoms with E-state index < -0.39 is 0 Å². The van der Waals surface area contributed by atoms with Gasteiger partial charge in [-0.3, -0.25) is 0 Å². The van der Waals surface area contributed by atoms with E-state index in [0.29, 0.717) is 12.5 Å². The zero-order chi connectivity index (χ0) is 18.2. The summed E-state index contributed by atoms with van der Waals surface area (Å²) in [5.74, 6) is 1.20. The van der Waals surface area contributed by atoms with Crippen molar-refractivity contribution < 1.29 is 4.39 Å². The van der Waals surface area contributed by atoms with Crippen molar-refractivity contribution in [2.45, 2.75) is 19.9 Å². The Morgan fingerprint density at radius 3 is 2.56 bits per heavy atom. The first-order valence-electron chi connectivity index (χ1n) is 9.31. The Morgan fingerprint density at radius 2 is 1.85 bits per heavy atom. The van der Waals surface area contributed by atoms with Gasteiger partial charge in [0.25, 0.3) is 0 Å². The van der Waals surface area contributed by atoms with E-state index in [4.69, 9.17) is 0 Å². The van der Waals surface area contributed by atoms with E-state index >= 15 is 0 Å². The van der Waals surface area contributed by atoms with Gasteiger partial charge in [-0.15, -0.1) is 24.0 Å². The molecule has 146 valence electrons. The summed E-state index contributed by atoms with van der Waals surface area (Å²) >= 11 is 0. The summed E-state index contributed by atoms with van der Waals surface area (Å²) in [7, 11) is 0. The van der Waals surface area contributed by atoms with E-state index in [0.717, 1.165) is 37.7 Å². The minimum absolute atomic E-state index is 0. The highest BCUT2D eigenvalue weighted by molar-refractivity contribution is 14.0. The molecule has 2 aromatic carbocycles. The monoisotopic (exact) mass is 482 g/mol. The third-order valence-corrected chi connectivity index (χ3v) is 4.64. The van der Waals surface area contributed by atoms with Gasteiger partial charge in [-0.05, 0) is 49.1 Å². The maximum Gasteiger partial charge on any atom is 0.191 e. The minimum atomic E-state index is -0.216. The summed E-state index contributed by atoms with van der Waals surface area (Å²) in [6.45, 7) is 6.47. The zero-order valence-corrected chi connectivity index (χ0v) is 18.0. The van der Waals surface area contributed by atoms with Crippen LogP contribution in [-0.4, -0.2) is 32.1 Å². The molecule has 0 amide bonds. The Balaban J connectivity index is 0.00000261. The molecular weight excluding hydrogens is 454 g/mol. The summed E-state index contributed by atoms with van der Waals surface area (Å²) in [5.41, 5.74) is 2.30. The number of guanidine groups is 1. The number of hydrogen-bond acceptors (Lipinski definition) is 2. The molecule has 4 nitrogen and oxygen atoms in total. The number of hydrogen-bond donors (Lipinski definition) is 2. The fraction of sp³-hybridized carbons (Fsp3) is 0.381. The lowest BCUT2D eigenvalue weighted by Gasteiger charge is -2.19. The van der Waals surface area contributed by atoms with E-state index in [1.54, 1.807) is 12.1 Å². The van der Waals surface area contributed by atoms with Crippen LogP contribution in [-0.2, 0) is 6.54 Å². The molecule has 0 radical (unpaired) electrons. The molecule has 1 fully saturated rings. The van der Waals surface area contributed by atoms with Crippen molar-refractivity contribution in [1.29, 1.82) is 0 Å². The molecule has 0 saturated carbocycles. The van der Waals surface area contributed by atoms with Crippen LogP contribution in [0.2, 0.25) is 0 Å². The summed E-state index contributed by atoms with van der Waals surface area (Å²) in [5, 5.41) is 6.74. The van der Waals surface area contributed by atoms with Gasteiger partial charge in [-0.2, -0.15) is 0 Å². The van der Waals surface area contributed by atoms with Crippen LogP contribution in [0.25, 0.3) is 0 Å². The third-order valence-electron chi connectivity index (χ3n) is 4.64. The summed E-state index contributed by atoms with van der Waals surface area (Å²) in [4.78, 5) is 7.05. The summed E-state index contributed by atoms with van der Waals surface area (Å²) in [6.07, 6.45) is 1.18. The zero-order valence-electron chi connectivity index (χ0n) is 15.7. The number of rotatable bonds is 6. The van der Waals surface area contributed by atoms with Gasteiger partial charge in [0.1, 0.15) is 5.82 Å². The van der Waals surface area contributed by atoms with Crippen molar-refractivity contribution in [3.63, 3.8) is 0 Å². The number of para-hydroxylation sites is 1. The fourth-order valence-electron chi connectivity index (χ4n) is 3.22. The number of benzene rings is 2. The van der Waals surface area contributed by atoms with Crippen LogP contribution >= 0.6 is 24.0 Å². The lowest BCUT2D eigenvalue weighted by Crippen LogP contribution is -2.40. The molecule has 3 rings (SSSR count). The molecule has 1 atom stereocenters. The highest BCUT2D eigenvalue weighted by Gasteiger charge is 2.22. The second kappa shape index (κ2) is 11.1. The largest absolute Gasteiger partial charge is 0.371 e. The molecule has 1 aliphatic heterocycles. The summed E-state index contributed by atoms with van der Waals surface area (Å²) in [6, 6.07) is 17.1. The van der Waals surface area contributed by atoms with Crippen LogP contribution in [0.4, 0.5) is 10.1 Å². The Morgan fingerprint density at radius 1 is 1.11 bits per heavy atom. The molecule has 1 heterocycles. The Kier molecular flexibility index (Phi) is 8.84. The Labute approximate surface area is 178 Å². The highest BCUT2D eigenvalue weighted by Crippen LogP contribution is 2.22. The van der Waals surface area contributed by atoms with E-state index in [-0.39, 0.29) is 29.8 Å². The van der Waals surface area contributed by atoms with E-state index in [9.17, 15) is 4.39 Å². The molecule has 27 heavy (non-hydrogen) atoms. The van der Waals surface area contributed by atoms with Gasteiger partial charge in [0.05, 0.1) is 6.54 Å². The first-order chi connectivity index (χ1) is 12.7. The Hall–Kier alpha value is -1.83. The molecule has 0 aliphatic carbocycles. The van der Waals surface area contributed by atoms with Gasteiger partial charge in [-0.25, -0.2) is 9.38 Å². The van der Waals surface area contributed by atoms with Gasteiger partial charge < -0.3 is 15.5 Å². The van der Waals surface area contributed by atoms with Crippen LogP contribution in [0.15, 0.2) is 59.6 Å². The van der Waals surface area contributed by atoms with Crippen molar-refractivity contribution in [1.82, 2.24) is 10.6 Å². The minimum Gasteiger partial charge on any atom is -0.371 e. The molecular formula is C21H28FIN4. The average Bonchev–Trinajstić information content (AvgIpc) is 3.15. The number of anilines is 1. The van der Waals surface area contributed by atoms with Crippen LogP contribution < -0.4 is 15.5 Å². The first-order valence-corrected chi connectivity index (χ1v) is 9.31. The SMILES string of the molecule is CCNC(=NCc1ccc(F)cc1)NCC1CCN(c2ccccc2)C1.I. The second-order valence-electron chi connectivity index (χ2n) is 6.64. The van der Waals surface area contributed by atoms with Crippen molar-refractivity contribution >= 4 is 35.6 Å². The predicted octanol–water partition coefficient (Wildman–Crippen LogP) is 4.03. The number of nitrogens with one attached hydrogen (secondary N) is 2. The number of halogens is 2. The van der Waals surface area contributed by atoms with Crippen LogP contribution in [0, 0.1) is 11.7 Å². The van der Waals surface area contributed by atoms with Gasteiger partial charge in [-0.1, -0.05) is 30.3 Å². The van der Waals surface area contributed by atoms with Gasteiger partial charge >= 0.3 is 0 Å². The Bertz CT molecular complexity index is 706. The first kappa shape index (κ1) is 21.5. The smallest absolute Gasteiger partial charge is 0.191 e. The fourth-order valence-corrected chi connectivity index (χ4v) is 3.22. The molecule has 0 aromatic heterocycles. The molecule has 2 N–H and O–H groups in total. The van der Waals surface area contributed by atoms with Crippen LogP contribution in [0.5, 0.6) is 0 Å². The third kappa shape index (κ3) is 6.68. The molecule has 0 spiro atoms. The van der Waals surface area contributed by atoms with Gasteiger partial charge in [0.15, 0.2) is 5.96 Å². The van der Waals surface area contributed by atoms with Crippen LogP contribution in [0.3, 0.4) is 0 Å². The lowest BCUT2D eigenvalue weighted by molar-refractivity contribution is 0.566. The van der Waals surface area contributed by atoms with Crippen molar-refractivity contribution in [2.24, 2.45) is 10.9 Å². The second-order valence-corrected chi connectivity index (χ2v) is 6.64. The van der Waals surface area contributed by atoms with Crippen molar-refractivity contribution in [3.8, 4) is 0 Å². The molecule has 1 unspecified atom stereocenters. The average molecular weight is 482 g/mol. The molecule has 2 aromatic rings. The molecule has 1 saturated heterocycles. The molecule has 6 heteroatoms. The van der Waals surface area contributed by atoms with Crippen molar-refractivity contribution in [2.75, 3.05) is 31.1 Å². The number of nitrogens with zero attached hydrogens (tertiary/aromatic N) is 2. The van der Waals surface area contributed by atoms with Crippen molar-refractivity contribution in [3.05, 3.63) is 66.0 Å². The predicted molar refractivity (Wildman–Crippen MR) is 121 cm³/mol. The maximum absolute atomic E-state index is 13.0. The van der Waals surface area contributed by atoms with Crippen LogP contribution in [0.1, 0.15) is 18.9 Å². The summed E-state index contributed by atoms with van der Waals surface area (Å²) < 4.78 is 13.0. The quantitative estimate of drug-likeness (QED) is 0.371. The standard InChI is InChI=1S/C21H27FN4.HI/c1-2-23-21(24-14-17-8-10-19(22)11-9-17)25-15-18-12-13-26(16-18)20-6-4-3-5-7-20;/h3-11,18H,2,12-16H2,1H3,(H2,23,24,25);1H. The van der Waals surface area contributed by atoms with E-state index in [1.165, 1.54) is 24.2 Å². The highest BCUT2D eigenvalue weighted by atomic mass is 127. The van der Waals surface area contributed by atoms with Gasteiger partial charge in [0.2, 0.25) is 0 Å².